The van der Waals surface area contributed by atoms with Crippen LogP contribution in [0.5, 0.6) is 0 Å². The molecule has 50 heavy (non-hydrogen) atoms. The summed E-state index contributed by atoms with van der Waals surface area (Å²) in [7, 11) is -4.28. The molecule has 0 radical (unpaired) electrons. The van der Waals surface area contributed by atoms with Crippen molar-refractivity contribution in [3.05, 3.63) is 47.0 Å². The lowest BCUT2D eigenvalue weighted by molar-refractivity contribution is -0.0653. The number of aliphatic hydroxyl groups excluding tert-OH is 2. The Kier molecular flexibility index (Phi) is 13.8. The Labute approximate surface area is 292 Å². The highest BCUT2D eigenvalue weighted by atomic mass is 35.5. The first-order valence-corrected chi connectivity index (χ1v) is 17.6. The van der Waals surface area contributed by atoms with Crippen molar-refractivity contribution in [2.24, 2.45) is 0 Å². The summed E-state index contributed by atoms with van der Waals surface area (Å²) in [5, 5.41) is 25.0. The molecule has 1 fully saturated rings. The summed E-state index contributed by atoms with van der Waals surface area (Å²) in [5.74, 6) is 0.346. The largest absolute Gasteiger partial charge is 0.510 e. The molecule has 1 saturated heterocycles. The number of anilines is 1. The second kappa shape index (κ2) is 17.5. The van der Waals surface area contributed by atoms with Crippen molar-refractivity contribution in [3.63, 3.8) is 0 Å². The molecule has 0 aliphatic carbocycles. The zero-order valence-electron chi connectivity index (χ0n) is 28.3. The molecule has 3 aromatic rings. The van der Waals surface area contributed by atoms with Crippen LogP contribution in [0.25, 0.3) is 11.2 Å². The fraction of sp³-hybridized carbons (Fsp3) is 0.567. The van der Waals surface area contributed by atoms with Crippen molar-refractivity contribution < 1.29 is 61.8 Å². The fourth-order valence-electron chi connectivity index (χ4n) is 4.57. The van der Waals surface area contributed by atoms with Gasteiger partial charge in [-0.25, -0.2) is 14.6 Å². The molecule has 276 valence electrons. The van der Waals surface area contributed by atoms with Gasteiger partial charge in [-0.05, 0) is 58.7 Å². The monoisotopic (exact) mass is 745 g/mol. The second-order valence-electron chi connectivity index (χ2n) is 11.7. The number of halogens is 1. The normalized spacial score (nSPS) is 19.9. The molecular weight excluding hydrogens is 705 g/mol. The topological polar surface area (TPSA) is 221 Å². The molecule has 0 amide bonds. The fourth-order valence-corrected chi connectivity index (χ4v) is 5.72. The van der Waals surface area contributed by atoms with E-state index in [9.17, 15) is 24.4 Å². The summed E-state index contributed by atoms with van der Waals surface area (Å²) in [6.45, 7) is 8.20. The van der Waals surface area contributed by atoms with E-state index in [4.69, 9.17) is 49.1 Å². The number of aryl methyl sites for hydroxylation is 1. The minimum atomic E-state index is -4.28. The van der Waals surface area contributed by atoms with Gasteiger partial charge in [0.25, 0.3) is 0 Å². The molecule has 3 heterocycles. The molecule has 3 N–H and O–H groups in total. The third-order valence-corrected chi connectivity index (χ3v) is 8.65. The van der Waals surface area contributed by atoms with Crippen molar-refractivity contribution in [1.82, 2.24) is 19.5 Å². The number of nitrogens with zero attached hydrogens (tertiary/aromatic N) is 4. The van der Waals surface area contributed by atoms with Gasteiger partial charge in [-0.15, -0.1) is 0 Å². The maximum absolute atomic E-state index is 13.4. The van der Waals surface area contributed by atoms with Crippen molar-refractivity contribution in [2.45, 2.75) is 84.3 Å². The van der Waals surface area contributed by atoms with E-state index in [-0.39, 0.29) is 17.0 Å². The number of carbonyl (C=O) groups is 2. The summed E-state index contributed by atoms with van der Waals surface area (Å²) >= 11 is 6.27. The molecule has 4 rings (SSSR count). The van der Waals surface area contributed by atoms with Crippen LogP contribution < -0.4 is 5.32 Å². The Morgan fingerprint density at radius 2 is 1.58 bits per heavy atom. The van der Waals surface area contributed by atoms with Gasteiger partial charge in [0.1, 0.15) is 24.7 Å². The molecule has 0 saturated carbocycles. The maximum atomic E-state index is 13.4. The molecule has 1 aliphatic rings. The summed E-state index contributed by atoms with van der Waals surface area (Å²) in [6, 6.07) is 7.80. The van der Waals surface area contributed by atoms with Crippen LogP contribution in [0.4, 0.5) is 15.4 Å². The van der Waals surface area contributed by atoms with Gasteiger partial charge in [0.15, 0.2) is 23.2 Å². The Bertz CT molecular complexity index is 1610. The molecule has 0 unspecified atom stereocenters. The van der Waals surface area contributed by atoms with Gasteiger partial charge in [-0.3, -0.25) is 18.2 Å². The molecule has 18 nitrogen and oxygen atoms in total. The SMILES string of the molecule is Cc1ccc([C@H](C)Nc2nc(Cl)nc3c2ncn3[C@@H]2O[C@H](COCP(=O)(OCOC(=O)OC(C)C)OCOC(=O)OC(C)C)[C@@H](O)[C@H]2O)cc1. The van der Waals surface area contributed by atoms with Gasteiger partial charge in [0.05, 0.1) is 31.2 Å². The second-order valence-corrected chi connectivity index (χ2v) is 14.0. The van der Waals surface area contributed by atoms with Gasteiger partial charge >= 0.3 is 19.9 Å². The highest BCUT2D eigenvalue weighted by Crippen LogP contribution is 2.48. The summed E-state index contributed by atoms with van der Waals surface area (Å²) < 4.78 is 55.5. The number of fused-ring (bicyclic) bond motifs is 1. The summed E-state index contributed by atoms with van der Waals surface area (Å²) in [6.07, 6.45) is -7.82. The van der Waals surface area contributed by atoms with Crippen molar-refractivity contribution in [2.75, 3.05) is 31.9 Å². The summed E-state index contributed by atoms with van der Waals surface area (Å²) in [5.41, 5.74) is 2.68. The molecule has 20 heteroatoms. The van der Waals surface area contributed by atoms with Crippen LogP contribution in [0, 0.1) is 6.92 Å². The van der Waals surface area contributed by atoms with Gasteiger partial charge in [0, 0.05) is 0 Å². The van der Waals surface area contributed by atoms with E-state index in [0.717, 1.165) is 11.1 Å². The lowest BCUT2D eigenvalue weighted by Gasteiger charge is -2.20. The highest BCUT2D eigenvalue weighted by molar-refractivity contribution is 7.53. The number of nitrogens with one attached hydrogen (secondary N) is 1. The molecule has 1 aliphatic heterocycles. The van der Waals surface area contributed by atoms with Crippen LogP contribution in [0.15, 0.2) is 30.6 Å². The number of aliphatic hydroxyl groups is 2. The van der Waals surface area contributed by atoms with Crippen LogP contribution in [0.3, 0.4) is 0 Å². The molecule has 0 bridgehead atoms. The number of carbonyl (C=O) groups excluding carboxylic acids is 2. The lowest BCUT2D eigenvalue weighted by atomic mass is 10.1. The Hall–Kier alpha value is -3.61. The number of imidazole rings is 1. The highest BCUT2D eigenvalue weighted by Gasteiger charge is 2.45. The first kappa shape index (κ1) is 39.2. The maximum Gasteiger partial charge on any atom is 0.510 e. The zero-order valence-corrected chi connectivity index (χ0v) is 29.9. The predicted molar refractivity (Wildman–Crippen MR) is 175 cm³/mol. The van der Waals surface area contributed by atoms with Crippen LogP contribution in [0.2, 0.25) is 5.28 Å². The third kappa shape index (κ3) is 10.7. The first-order valence-electron chi connectivity index (χ1n) is 15.5. The van der Waals surface area contributed by atoms with Gasteiger partial charge in [0.2, 0.25) is 18.9 Å². The van der Waals surface area contributed by atoms with Crippen LogP contribution in [-0.4, -0.2) is 99.1 Å². The van der Waals surface area contributed by atoms with Gasteiger partial charge in [-0.1, -0.05) is 29.8 Å². The van der Waals surface area contributed by atoms with E-state index in [0.29, 0.717) is 11.3 Å². The molecular formula is C30H41ClN5O13P. The number of aromatic nitrogens is 4. The minimum Gasteiger partial charge on any atom is -0.432 e. The van der Waals surface area contributed by atoms with E-state index in [2.05, 4.69) is 20.3 Å². The van der Waals surface area contributed by atoms with E-state index in [1.807, 2.05) is 38.1 Å². The minimum absolute atomic E-state index is 0.0931. The quantitative estimate of drug-likeness (QED) is 0.0774. The molecule has 5 atom stereocenters. The van der Waals surface area contributed by atoms with E-state index in [1.165, 1.54) is 10.9 Å². The standard InChI is InChI=1S/C30H41ClN5O13P/c1-16(2)47-29(39)43-13-45-50(41,46-14-44-30(40)48-17(3)4)15-42-11-21-23(37)24(38)27(49-21)36-12-32-22-25(34-28(31)35-26(22)36)33-19(6)20-9-7-18(5)8-10-20/h7-10,12,16-17,19,21,23-24,27,37-38H,11,13-15H2,1-6H3,(H,33,34,35)/t19-,21+,23+,24+,27+/m0/s1. The first-order chi connectivity index (χ1) is 23.7. The third-order valence-electron chi connectivity index (χ3n) is 6.98. The van der Waals surface area contributed by atoms with E-state index < -0.39 is 83.2 Å². The zero-order chi connectivity index (χ0) is 36.6. The lowest BCUT2D eigenvalue weighted by Crippen LogP contribution is -2.34. The number of hydrogen-bond acceptors (Lipinski definition) is 17. The average Bonchev–Trinajstić information content (AvgIpc) is 3.56. The Balaban J connectivity index is 1.41. The average molecular weight is 746 g/mol. The van der Waals surface area contributed by atoms with Crippen molar-refractivity contribution in [1.29, 1.82) is 0 Å². The Morgan fingerprint density at radius 3 is 2.16 bits per heavy atom. The molecule has 0 spiro atoms. The van der Waals surface area contributed by atoms with Gasteiger partial charge in [-0.2, -0.15) is 9.97 Å². The predicted octanol–water partition coefficient (Wildman–Crippen LogP) is 4.82. The van der Waals surface area contributed by atoms with E-state index in [1.54, 1.807) is 27.7 Å². The number of hydrogen-bond donors (Lipinski definition) is 3. The van der Waals surface area contributed by atoms with Crippen molar-refractivity contribution in [3.8, 4) is 0 Å². The number of benzene rings is 1. The van der Waals surface area contributed by atoms with Crippen molar-refractivity contribution >= 4 is 48.5 Å². The van der Waals surface area contributed by atoms with Crippen LogP contribution in [-0.2, 0) is 42.0 Å². The smallest absolute Gasteiger partial charge is 0.432 e. The van der Waals surface area contributed by atoms with Crippen LogP contribution >= 0.6 is 19.2 Å². The summed E-state index contributed by atoms with van der Waals surface area (Å²) in [4.78, 5) is 36.4. The Morgan fingerprint density at radius 1 is 0.980 bits per heavy atom. The molecule has 2 aromatic heterocycles. The number of ether oxygens (including phenoxy) is 6. The van der Waals surface area contributed by atoms with Gasteiger partial charge < -0.3 is 44.0 Å². The number of rotatable bonds is 16. The van der Waals surface area contributed by atoms with Crippen LogP contribution in [0.1, 0.15) is 58.0 Å². The van der Waals surface area contributed by atoms with E-state index >= 15 is 0 Å². The molecule has 1 aromatic carbocycles.